The number of aryl methyl sites for hydroxylation is 2. The molecule has 0 saturated heterocycles. The van der Waals surface area contributed by atoms with Crippen molar-refractivity contribution in [2.75, 3.05) is 11.4 Å². The molecular weight excluding hydrogens is 238 g/mol. The molecule has 1 aliphatic rings. The maximum Gasteiger partial charge on any atom is 0.276 e. The fraction of sp³-hybridized carbons (Fsp3) is 0.333. The maximum atomic E-state index is 12.7. The fourth-order valence-corrected chi connectivity index (χ4v) is 2.65. The topological polar surface area (TPSA) is 38.1 Å². The molecule has 1 aromatic carbocycles. The Morgan fingerprint density at radius 2 is 2.16 bits per heavy atom. The molecule has 0 fully saturated rings. The van der Waals surface area contributed by atoms with E-state index in [2.05, 4.69) is 11.2 Å². The van der Waals surface area contributed by atoms with Crippen molar-refractivity contribution in [3.8, 4) is 0 Å². The summed E-state index contributed by atoms with van der Waals surface area (Å²) in [6.45, 7) is 3.49. The average molecular weight is 255 g/mol. The molecule has 2 heterocycles. The minimum Gasteiger partial charge on any atom is -0.307 e. The van der Waals surface area contributed by atoms with Gasteiger partial charge in [0.2, 0.25) is 0 Å². The highest BCUT2D eigenvalue weighted by molar-refractivity contribution is 6.05. The first-order chi connectivity index (χ1) is 9.31. The van der Waals surface area contributed by atoms with E-state index in [1.807, 2.05) is 30.0 Å². The number of amides is 1. The van der Waals surface area contributed by atoms with E-state index in [-0.39, 0.29) is 5.91 Å². The van der Waals surface area contributed by atoms with Crippen LogP contribution in [0.3, 0.4) is 0 Å². The molecule has 98 valence electrons. The summed E-state index contributed by atoms with van der Waals surface area (Å²) in [4.78, 5) is 14.5. The Morgan fingerprint density at radius 1 is 1.32 bits per heavy atom. The first-order valence-electron chi connectivity index (χ1n) is 6.73. The summed E-state index contributed by atoms with van der Waals surface area (Å²) < 4.78 is 1.75. The van der Waals surface area contributed by atoms with Crippen molar-refractivity contribution in [1.29, 1.82) is 0 Å². The van der Waals surface area contributed by atoms with Crippen LogP contribution in [0, 0.1) is 0 Å². The van der Waals surface area contributed by atoms with Gasteiger partial charge in [-0.3, -0.25) is 9.48 Å². The van der Waals surface area contributed by atoms with E-state index in [4.69, 9.17) is 0 Å². The highest BCUT2D eigenvalue weighted by Gasteiger charge is 2.25. The summed E-state index contributed by atoms with van der Waals surface area (Å²) in [7, 11) is 0. The van der Waals surface area contributed by atoms with Gasteiger partial charge in [-0.2, -0.15) is 5.10 Å². The van der Waals surface area contributed by atoms with Gasteiger partial charge in [0.05, 0.1) is 0 Å². The van der Waals surface area contributed by atoms with E-state index in [0.29, 0.717) is 12.2 Å². The Bertz CT molecular complexity index is 603. The molecule has 4 heteroatoms. The lowest BCUT2D eigenvalue weighted by atomic mass is 10.0. The molecular formula is C15H17N3O. The van der Waals surface area contributed by atoms with E-state index < -0.39 is 0 Å². The molecule has 0 saturated carbocycles. The minimum absolute atomic E-state index is 0.0477. The number of benzene rings is 1. The zero-order valence-corrected chi connectivity index (χ0v) is 11.0. The highest BCUT2D eigenvalue weighted by Crippen LogP contribution is 2.27. The van der Waals surface area contributed by atoms with Crippen molar-refractivity contribution in [3.05, 3.63) is 47.8 Å². The Kier molecular flexibility index (Phi) is 3.07. The van der Waals surface area contributed by atoms with Crippen molar-refractivity contribution in [2.45, 2.75) is 26.3 Å². The minimum atomic E-state index is 0.0477. The monoisotopic (exact) mass is 255 g/mol. The van der Waals surface area contributed by atoms with Crippen LogP contribution in [0.15, 0.2) is 36.5 Å². The molecule has 0 spiro atoms. The third kappa shape index (κ3) is 2.03. The molecule has 0 bridgehead atoms. The Hall–Kier alpha value is -2.10. The summed E-state index contributed by atoms with van der Waals surface area (Å²) in [5, 5.41) is 4.18. The van der Waals surface area contributed by atoms with Crippen LogP contribution in [0.4, 0.5) is 5.69 Å². The molecule has 1 amide bonds. The molecule has 0 radical (unpaired) electrons. The summed E-state index contributed by atoms with van der Waals surface area (Å²) in [5.41, 5.74) is 2.96. The normalized spacial score (nSPS) is 14.3. The van der Waals surface area contributed by atoms with Gasteiger partial charge in [-0.1, -0.05) is 18.2 Å². The largest absolute Gasteiger partial charge is 0.307 e. The molecule has 4 nitrogen and oxygen atoms in total. The van der Waals surface area contributed by atoms with Gasteiger partial charge in [-0.25, -0.2) is 0 Å². The summed E-state index contributed by atoms with van der Waals surface area (Å²) in [5.74, 6) is 0.0477. The number of carbonyl (C=O) groups is 1. The summed E-state index contributed by atoms with van der Waals surface area (Å²) >= 11 is 0. The van der Waals surface area contributed by atoms with E-state index in [1.54, 1.807) is 16.9 Å². The molecule has 1 aromatic heterocycles. The van der Waals surface area contributed by atoms with E-state index in [1.165, 1.54) is 5.56 Å². The molecule has 3 rings (SSSR count). The van der Waals surface area contributed by atoms with Crippen molar-refractivity contribution in [1.82, 2.24) is 9.78 Å². The van der Waals surface area contributed by atoms with Crippen LogP contribution in [0.2, 0.25) is 0 Å². The second-order valence-electron chi connectivity index (χ2n) is 4.72. The van der Waals surface area contributed by atoms with Crippen LogP contribution >= 0.6 is 0 Å². The van der Waals surface area contributed by atoms with Gasteiger partial charge in [-0.15, -0.1) is 0 Å². The number of nitrogens with zero attached hydrogens (tertiary/aromatic N) is 3. The number of hydrogen-bond donors (Lipinski definition) is 0. The molecule has 19 heavy (non-hydrogen) atoms. The smallest absolute Gasteiger partial charge is 0.276 e. The number of rotatable bonds is 2. The number of hydrogen-bond acceptors (Lipinski definition) is 2. The van der Waals surface area contributed by atoms with Gasteiger partial charge in [0.15, 0.2) is 0 Å². The van der Waals surface area contributed by atoms with Crippen LogP contribution in [-0.4, -0.2) is 22.2 Å². The molecule has 0 N–H and O–H groups in total. The average Bonchev–Trinajstić information content (AvgIpc) is 2.94. The Morgan fingerprint density at radius 3 is 3.00 bits per heavy atom. The van der Waals surface area contributed by atoms with Gasteiger partial charge < -0.3 is 4.90 Å². The fourth-order valence-electron chi connectivity index (χ4n) is 2.65. The van der Waals surface area contributed by atoms with Gasteiger partial charge in [0.1, 0.15) is 5.69 Å². The molecule has 2 aromatic rings. The third-order valence-electron chi connectivity index (χ3n) is 3.59. The Balaban J connectivity index is 1.98. The number of carbonyl (C=O) groups excluding carboxylic acids is 1. The molecule has 0 atom stereocenters. The number of aromatic nitrogens is 2. The third-order valence-corrected chi connectivity index (χ3v) is 3.59. The first-order valence-corrected chi connectivity index (χ1v) is 6.73. The van der Waals surface area contributed by atoms with Crippen LogP contribution in [-0.2, 0) is 13.0 Å². The first kappa shape index (κ1) is 12.0. The van der Waals surface area contributed by atoms with Crippen molar-refractivity contribution in [3.63, 3.8) is 0 Å². The van der Waals surface area contributed by atoms with Gasteiger partial charge >= 0.3 is 0 Å². The van der Waals surface area contributed by atoms with Crippen molar-refractivity contribution >= 4 is 11.6 Å². The van der Waals surface area contributed by atoms with Gasteiger partial charge in [0.25, 0.3) is 5.91 Å². The van der Waals surface area contributed by atoms with Crippen molar-refractivity contribution in [2.24, 2.45) is 0 Å². The van der Waals surface area contributed by atoms with Crippen LogP contribution in [0.1, 0.15) is 29.4 Å². The second-order valence-corrected chi connectivity index (χ2v) is 4.72. The predicted octanol–water partition coefficient (Wildman–Crippen LogP) is 2.50. The van der Waals surface area contributed by atoms with E-state index in [9.17, 15) is 4.79 Å². The van der Waals surface area contributed by atoms with E-state index in [0.717, 1.165) is 25.1 Å². The molecule has 0 unspecified atom stereocenters. The van der Waals surface area contributed by atoms with Crippen LogP contribution in [0.25, 0.3) is 0 Å². The number of anilines is 1. The summed E-state index contributed by atoms with van der Waals surface area (Å²) in [6, 6.07) is 9.94. The number of fused-ring (bicyclic) bond motifs is 1. The predicted molar refractivity (Wildman–Crippen MR) is 74.3 cm³/mol. The zero-order valence-electron chi connectivity index (χ0n) is 11.0. The zero-order chi connectivity index (χ0) is 13.2. The van der Waals surface area contributed by atoms with Crippen LogP contribution < -0.4 is 4.90 Å². The number of para-hydroxylation sites is 1. The molecule has 1 aliphatic heterocycles. The quantitative estimate of drug-likeness (QED) is 0.827. The lowest BCUT2D eigenvalue weighted by molar-refractivity contribution is 0.0975. The lowest BCUT2D eigenvalue weighted by Crippen LogP contribution is -2.36. The second kappa shape index (κ2) is 4.88. The van der Waals surface area contributed by atoms with Gasteiger partial charge in [-0.05, 0) is 37.5 Å². The lowest BCUT2D eigenvalue weighted by Gasteiger charge is -2.29. The van der Waals surface area contributed by atoms with Crippen molar-refractivity contribution < 1.29 is 4.79 Å². The standard InChI is InChI=1S/C15H17N3O/c1-2-18-14(9-10-16-18)15(19)17-11-5-7-12-6-3-4-8-13(12)17/h3-4,6,8-10H,2,5,7,11H2,1H3. The molecule has 0 aliphatic carbocycles. The van der Waals surface area contributed by atoms with Crippen LogP contribution in [0.5, 0.6) is 0 Å². The highest BCUT2D eigenvalue weighted by atomic mass is 16.2. The summed E-state index contributed by atoms with van der Waals surface area (Å²) in [6.07, 6.45) is 3.75. The van der Waals surface area contributed by atoms with Gasteiger partial charge in [0, 0.05) is 25.0 Å². The Labute approximate surface area is 112 Å². The van der Waals surface area contributed by atoms with E-state index >= 15 is 0 Å². The maximum absolute atomic E-state index is 12.7. The SMILES string of the molecule is CCn1nccc1C(=O)N1CCCc2ccccc21.